The molecule has 1 saturated carbocycles. The molecule has 0 aromatic rings. The summed E-state index contributed by atoms with van der Waals surface area (Å²) in [6.45, 7) is 4.51. The molecule has 1 aliphatic carbocycles. The van der Waals surface area contributed by atoms with Crippen LogP contribution in [0.5, 0.6) is 0 Å². The van der Waals surface area contributed by atoms with E-state index in [-0.39, 0.29) is 36.9 Å². The van der Waals surface area contributed by atoms with Gasteiger partial charge in [-0.1, -0.05) is 12.8 Å². The van der Waals surface area contributed by atoms with Crippen molar-refractivity contribution in [2.45, 2.75) is 76.7 Å². The smallest absolute Gasteiger partial charge is 0.223 e. The number of carbonyl (C=O) groups excluding carboxylic acids is 2. The summed E-state index contributed by atoms with van der Waals surface area (Å²) < 4.78 is 5.59. The summed E-state index contributed by atoms with van der Waals surface area (Å²) in [6.07, 6.45) is 3.91. The fraction of sp³-hybridized carbons (Fsp3) is 0.875. The van der Waals surface area contributed by atoms with Gasteiger partial charge in [-0.3, -0.25) is 9.59 Å². The van der Waals surface area contributed by atoms with E-state index in [0.29, 0.717) is 19.1 Å². The summed E-state index contributed by atoms with van der Waals surface area (Å²) in [6, 6.07) is 0.292. The van der Waals surface area contributed by atoms with Crippen LogP contribution < -0.4 is 5.32 Å². The van der Waals surface area contributed by atoms with Crippen LogP contribution >= 0.6 is 0 Å². The number of aliphatic hydroxyl groups excluding tert-OH is 1. The van der Waals surface area contributed by atoms with Gasteiger partial charge in [-0.05, 0) is 26.7 Å². The molecule has 2 fully saturated rings. The lowest BCUT2D eigenvalue weighted by molar-refractivity contribution is -0.133. The third kappa shape index (κ3) is 4.95. The number of aliphatic hydroxyl groups is 1. The lowest BCUT2D eigenvalue weighted by Gasteiger charge is -2.18. The Morgan fingerprint density at radius 2 is 1.91 bits per heavy atom. The number of β-amino-alcohol motifs (C(OH)–C–C–N with tert-alkyl or cyclic N) is 1. The first kappa shape index (κ1) is 17.2. The molecule has 2 atom stereocenters. The SMILES string of the molecule is CC(C)O[C@H]1CN(C(=O)CCC(=O)NC2CCCC2)C[C@@H]1O. The van der Waals surface area contributed by atoms with E-state index in [9.17, 15) is 14.7 Å². The lowest BCUT2D eigenvalue weighted by Crippen LogP contribution is -2.35. The quantitative estimate of drug-likeness (QED) is 0.761. The van der Waals surface area contributed by atoms with Crippen molar-refractivity contribution >= 4 is 11.8 Å². The molecule has 6 heteroatoms. The molecule has 0 radical (unpaired) electrons. The topological polar surface area (TPSA) is 78.9 Å². The van der Waals surface area contributed by atoms with Crippen LogP contribution in [-0.2, 0) is 14.3 Å². The first-order valence-electron chi connectivity index (χ1n) is 8.36. The van der Waals surface area contributed by atoms with Gasteiger partial charge in [0.1, 0.15) is 6.10 Å². The summed E-state index contributed by atoms with van der Waals surface area (Å²) in [5.41, 5.74) is 0. The molecule has 6 nitrogen and oxygen atoms in total. The molecule has 2 aliphatic rings. The zero-order valence-corrected chi connectivity index (χ0v) is 13.6. The molecule has 1 heterocycles. The van der Waals surface area contributed by atoms with E-state index >= 15 is 0 Å². The lowest BCUT2D eigenvalue weighted by atomic mass is 10.2. The Balaban J connectivity index is 1.69. The summed E-state index contributed by atoms with van der Waals surface area (Å²) >= 11 is 0. The maximum absolute atomic E-state index is 12.1. The number of hydrogen-bond acceptors (Lipinski definition) is 4. The van der Waals surface area contributed by atoms with Crippen LogP contribution in [0.2, 0.25) is 0 Å². The number of amides is 2. The van der Waals surface area contributed by atoms with Gasteiger partial charge in [-0.2, -0.15) is 0 Å². The van der Waals surface area contributed by atoms with E-state index in [4.69, 9.17) is 4.74 Å². The van der Waals surface area contributed by atoms with Crippen LogP contribution in [0.4, 0.5) is 0 Å². The minimum atomic E-state index is -0.640. The minimum absolute atomic E-state index is 0.0203. The third-order valence-corrected chi connectivity index (χ3v) is 4.32. The molecule has 0 spiro atoms. The highest BCUT2D eigenvalue weighted by atomic mass is 16.5. The van der Waals surface area contributed by atoms with E-state index in [1.807, 2.05) is 13.8 Å². The Morgan fingerprint density at radius 3 is 2.55 bits per heavy atom. The number of carbonyl (C=O) groups is 2. The molecular formula is C16H28N2O4. The van der Waals surface area contributed by atoms with Gasteiger partial charge in [-0.15, -0.1) is 0 Å². The molecule has 2 rings (SSSR count). The first-order chi connectivity index (χ1) is 10.5. The van der Waals surface area contributed by atoms with Crippen LogP contribution in [0.3, 0.4) is 0 Å². The summed E-state index contributed by atoms with van der Waals surface area (Å²) in [5.74, 6) is -0.134. The Morgan fingerprint density at radius 1 is 1.23 bits per heavy atom. The fourth-order valence-corrected chi connectivity index (χ4v) is 3.19. The van der Waals surface area contributed by atoms with E-state index < -0.39 is 6.10 Å². The number of nitrogens with zero attached hydrogens (tertiary/aromatic N) is 1. The Kier molecular flexibility index (Phi) is 6.20. The zero-order valence-electron chi connectivity index (χ0n) is 13.6. The fourth-order valence-electron chi connectivity index (χ4n) is 3.19. The summed E-state index contributed by atoms with van der Waals surface area (Å²) in [7, 11) is 0. The van der Waals surface area contributed by atoms with E-state index in [1.54, 1.807) is 4.90 Å². The molecule has 126 valence electrons. The molecule has 0 bridgehead atoms. The Bertz CT molecular complexity index is 394. The maximum Gasteiger partial charge on any atom is 0.223 e. The van der Waals surface area contributed by atoms with Crippen LogP contribution in [0.1, 0.15) is 52.4 Å². The minimum Gasteiger partial charge on any atom is -0.388 e. The molecule has 2 N–H and O–H groups in total. The van der Waals surface area contributed by atoms with Crippen LogP contribution in [0.15, 0.2) is 0 Å². The molecule has 22 heavy (non-hydrogen) atoms. The van der Waals surface area contributed by atoms with Gasteiger partial charge in [0.05, 0.1) is 12.2 Å². The average molecular weight is 312 g/mol. The third-order valence-electron chi connectivity index (χ3n) is 4.32. The molecule has 1 saturated heterocycles. The number of hydrogen-bond donors (Lipinski definition) is 2. The molecule has 1 aliphatic heterocycles. The second-order valence-electron chi connectivity index (χ2n) is 6.64. The predicted molar refractivity (Wildman–Crippen MR) is 82.2 cm³/mol. The van der Waals surface area contributed by atoms with Gasteiger partial charge < -0.3 is 20.1 Å². The predicted octanol–water partition coefficient (Wildman–Crippen LogP) is 0.822. The standard InChI is InChI=1S/C16H28N2O4/c1-11(2)22-14-10-18(9-13(14)19)16(21)8-7-15(20)17-12-5-3-4-6-12/h11-14,19H,3-10H2,1-2H3,(H,17,20)/t13-,14-/m0/s1. The molecule has 0 aromatic heterocycles. The van der Waals surface area contributed by atoms with Crippen molar-refractivity contribution in [1.82, 2.24) is 10.2 Å². The van der Waals surface area contributed by atoms with E-state index in [1.165, 1.54) is 12.8 Å². The van der Waals surface area contributed by atoms with Gasteiger partial charge in [0.25, 0.3) is 0 Å². The number of likely N-dealkylation sites (tertiary alicyclic amines) is 1. The van der Waals surface area contributed by atoms with Crippen LogP contribution in [-0.4, -0.2) is 59.3 Å². The van der Waals surface area contributed by atoms with Crippen molar-refractivity contribution in [2.24, 2.45) is 0 Å². The van der Waals surface area contributed by atoms with Gasteiger partial charge in [-0.25, -0.2) is 0 Å². The molecule has 0 unspecified atom stereocenters. The van der Waals surface area contributed by atoms with Gasteiger partial charge in [0.15, 0.2) is 0 Å². The zero-order chi connectivity index (χ0) is 16.1. The van der Waals surface area contributed by atoms with Crippen molar-refractivity contribution < 1.29 is 19.4 Å². The van der Waals surface area contributed by atoms with Crippen LogP contribution in [0.25, 0.3) is 0 Å². The Labute approximate surface area is 132 Å². The Hall–Kier alpha value is -1.14. The van der Waals surface area contributed by atoms with E-state index in [2.05, 4.69) is 5.32 Å². The molecule has 0 aromatic carbocycles. The van der Waals surface area contributed by atoms with Crippen molar-refractivity contribution in [1.29, 1.82) is 0 Å². The van der Waals surface area contributed by atoms with Crippen molar-refractivity contribution in [3.63, 3.8) is 0 Å². The van der Waals surface area contributed by atoms with Crippen LogP contribution in [0, 0.1) is 0 Å². The maximum atomic E-state index is 12.1. The number of rotatable bonds is 6. The average Bonchev–Trinajstić information content (AvgIpc) is 3.06. The monoisotopic (exact) mass is 312 g/mol. The molecule has 2 amide bonds. The summed E-state index contributed by atoms with van der Waals surface area (Å²) in [5, 5.41) is 12.9. The second kappa shape index (κ2) is 7.92. The summed E-state index contributed by atoms with van der Waals surface area (Å²) in [4.78, 5) is 25.6. The van der Waals surface area contributed by atoms with E-state index in [0.717, 1.165) is 12.8 Å². The highest BCUT2D eigenvalue weighted by Gasteiger charge is 2.35. The number of nitrogens with one attached hydrogen (secondary N) is 1. The number of ether oxygens (including phenoxy) is 1. The van der Waals surface area contributed by atoms with Gasteiger partial charge in [0, 0.05) is 32.0 Å². The van der Waals surface area contributed by atoms with Gasteiger partial charge >= 0.3 is 0 Å². The second-order valence-corrected chi connectivity index (χ2v) is 6.64. The van der Waals surface area contributed by atoms with Crippen molar-refractivity contribution in [2.75, 3.05) is 13.1 Å². The van der Waals surface area contributed by atoms with Crippen molar-refractivity contribution in [3.8, 4) is 0 Å². The van der Waals surface area contributed by atoms with Gasteiger partial charge in [0.2, 0.25) is 11.8 Å². The molecular weight excluding hydrogens is 284 g/mol. The van der Waals surface area contributed by atoms with Crippen molar-refractivity contribution in [3.05, 3.63) is 0 Å². The largest absolute Gasteiger partial charge is 0.388 e. The normalized spacial score (nSPS) is 25.9. The highest BCUT2D eigenvalue weighted by Crippen LogP contribution is 2.19. The highest BCUT2D eigenvalue weighted by molar-refractivity contribution is 5.84. The first-order valence-corrected chi connectivity index (χ1v) is 8.36.